The van der Waals surface area contributed by atoms with Crippen LogP contribution >= 0.6 is 0 Å². The molecular weight excluding hydrogens is 717 g/mol. The fourth-order valence-corrected chi connectivity index (χ4v) is 7.96. The highest BCUT2D eigenvalue weighted by Gasteiger charge is 2.22. The molecule has 1 unspecified atom stereocenters. The van der Waals surface area contributed by atoms with E-state index < -0.39 is 0 Å². The molecule has 0 N–H and O–H groups in total. The summed E-state index contributed by atoms with van der Waals surface area (Å²) < 4.78 is 0. The molecule has 1 aliphatic carbocycles. The molecule has 0 saturated heterocycles. The highest BCUT2D eigenvalue weighted by atomic mass is 15.2. The molecule has 1 aliphatic rings. The van der Waals surface area contributed by atoms with E-state index in [4.69, 9.17) is 0 Å². The molecule has 0 radical (unpaired) electrons. The van der Waals surface area contributed by atoms with Crippen molar-refractivity contribution >= 4 is 62.6 Å². The van der Waals surface area contributed by atoms with E-state index in [1.54, 1.807) is 0 Å². The smallest absolute Gasteiger partial charge is 0.0463 e. The molecule has 8 aromatic carbocycles. The lowest BCUT2D eigenvalue weighted by molar-refractivity contribution is 0.670. The molecule has 4 nitrogen and oxygen atoms in total. The van der Waals surface area contributed by atoms with E-state index in [0.29, 0.717) is 5.92 Å². The molecule has 286 valence electrons. The number of para-hydroxylation sites is 5. The second kappa shape index (κ2) is 17.3. The van der Waals surface area contributed by atoms with Crippen molar-refractivity contribution in [1.82, 2.24) is 0 Å². The van der Waals surface area contributed by atoms with E-state index in [2.05, 4.69) is 269 Å². The van der Waals surface area contributed by atoms with Gasteiger partial charge in [-0.2, -0.15) is 0 Å². The van der Waals surface area contributed by atoms with Gasteiger partial charge >= 0.3 is 0 Å². The Bertz CT molecular complexity index is 2400. The van der Waals surface area contributed by atoms with Crippen LogP contribution in [-0.4, -0.2) is 0 Å². The van der Waals surface area contributed by atoms with E-state index in [-0.39, 0.29) is 0 Å². The van der Waals surface area contributed by atoms with Crippen molar-refractivity contribution in [3.63, 3.8) is 0 Å². The molecule has 1 atom stereocenters. The molecule has 0 spiro atoms. The Labute approximate surface area is 348 Å². The summed E-state index contributed by atoms with van der Waals surface area (Å²) in [5.74, 6) is 0.395. The SMILES string of the molecule is CC1CC=CC=C1N(c1ccccc1)c1ccc(N(c2ccc(N(c3ccccc3)c3ccccc3)cc2)c2ccc(N(c3ccccc3)c3ccccc3)cc2)cc1. The summed E-state index contributed by atoms with van der Waals surface area (Å²) in [5.41, 5.74) is 13.4. The molecule has 0 aliphatic heterocycles. The Hall–Kier alpha value is -7.56. The van der Waals surface area contributed by atoms with Crippen LogP contribution in [0.2, 0.25) is 0 Å². The largest absolute Gasteiger partial charge is 0.314 e. The first-order valence-corrected chi connectivity index (χ1v) is 20.3. The van der Waals surface area contributed by atoms with Gasteiger partial charge in [0, 0.05) is 74.2 Å². The monoisotopic (exact) mass is 762 g/mol. The number of rotatable bonds is 12. The first-order valence-electron chi connectivity index (χ1n) is 20.3. The average molecular weight is 763 g/mol. The Morgan fingerprint density at radius 3 is 0.763 bits per heavy atom. The maximum absolute atomic E-state index is 2.40. The molecule has 8 aromatic rings. The molecule has 0 bridgehead atoms. The van der Waals surface area contributed by atoms with Crippen molar-refractivity contribution in [2.75, 3.05) is 19.6 Å². The first kappa shape index (κ1) is 37.0. The zero-order valence-electron chi connectivity index (χ0n) is 33.2. The van der Waals surface area contributed by atoms with E-state index in [1.807, 2.05) is 0 Å². The van der Waals surface area contributed by atoms with Crippen molar-refractivity contribution in [2.45, 2.75) is 13.3 Å². The maximum atomic E-state index is 2.40. The number of nitrogens with zero attached hydrogens (tertiary/aromatic N) is 4. The van der Waals surface area contributed by atoms with Gasteiger partial charge in [0.25, 0.3) is 0 Å². The highest BCUT2D eigenvalue weighted by Crippen LogP contribution is 2.43. The molecule has 59 heavy (non-hydrogen) atoms. The van der Waals surface area contributed by atoms with Crippen molar-refractivity contribution in [2.24, 2.45) is 5.92 Å². The predicted molar refractivity (Wildman–Crippen MR) is 250 cm³/mol. The minimum absolute atomic E-state index is 0.395. The van der Waals surface area contributed by atoms with E-state index in [0.717, 1.165) is 69.0 Å². The third kappa shape index (κ3) is 8.03. The maximum Gasteiger partial charge on any atom is 0.0463 e. The van der Waals surface area contributed by atoms with Crippen LogP contribution in [0, 0.1) is 5.92 Å². The summed E-state index contributed by atoms with van der Waals surface area (Å²) in [6, 6.07) is 79.7. The number of hydrogen-bond donors (Lipinski definition) is 0. The fraction of sp³-hybridized carbons (Fsp3) is 0.0545. The van der Waals surface area contributed by atoms with E-state index in [9.17, 15) is 0 Å². The molecule has 0 fully saturated rings. The highest BCUT2D eigenvalue weighted by molar-refractivity contribution is 5.84. The predicted octanol–water partition coefficient (Wildman–Crippen LogP) is 15.7. The van der Waals surface area contributed by atoms with Gasteiger partial charge in [0.1, 0.15) is 0 Å². The minimum Gasteiger partial charge on any atom is -0.314 e. The zero-order chi connectivity index (χ0) is 39.8. The molecule has 0 aromatic heterocycles. The summed E-state index contributed by atoms with van der Waals surface area (Å²) >= 11 is 0. The second-order valence-corrected chi connectivity index (χ2v) is 14.7. The normalized spacial score (nSPS) is 13.3. The Kier molecular flexibility index (Phi) is 10.9. The molecule has 9 rings (SSSR count). The van der Waals surface area contributed by atoms with Crippen LogP contribution in [0.5, 0.6) is 0 Å². The second-order valence-electron chi connectivity index (χ2n) is 14.7. The van der Waals surface area contributed by atoms with Gasteiger partial charge in [-0.25, -0.2) is 0 Å². The Balaban J connectivity index is 1.13. The molecule has 0 saturated carbocycles. The third-order valence-electron chi connectivity index (χ3n) is 10.8. The molecule has 0 heterocycles. The molecular formula is C55H46N4. The van der Waals surface area contributed by atoms with Gasteiger partial charge in [-0.05, 0) is 146 Å². The summed E-state index contributed by atoms with van der Waals surface area (Å²) in [4.78, 5) is 9.34. The number of hydrogen-bond acceptors (Lipinski definition) is 4. The van der Waals surface area contributed by atoms with Crippen LogP contribution in [0.25, 0.3) is 0 Å². The molecule has 0 amide bonds. The summed E-state index contributed by atoms with van der Waals surface area (Å²) in [6.45, 7) is 2.31. The Morgan fingerprint density at radius 2 is 0.508 bits per heavy atom. The van der Waals surface area contributed by atoms with Gasteiger partial charge in [-0.3, -0.25) is 0 Å². The summed E-state index contributed by atoms with van der Waals surface area (Å²) in [7, 11) is 0. The number of benzene rings is 8. The van der Waals surface area contributed by atoms with Crippen molar-refractivity contribution in [3.05, 3.63) is 248 Å². The van der Waals surface area contributed by atoms with Crippen LogP contribution in [0.3, 0.4) is 0 Å². The zero-order valence-corrected chi connectivity index (χ0v) is 33.2. The van der Waals surface area contributed by atoms with Gasteiger partial charge in [-0.15, -0.1) is 0 Å². The van der Waals surface area contributed by atoms with Crippen molar-refractivity contribution in [3.8, 4) is 0 Å². The van der Waals surface area contributed by atoms with Crippen LogP contribution in [0.1, 0.15) is 13.3 Å². The Morgan fingerprint density at radius 1 is 0.288 bits per heavy atom. The lowest BCUT2D eigenvalue weighted by Gasteiger charge is -2.33. The fourth-order valence-electron chi connectivity index (χ4n) is 7.96. The quantitative estimate of drug-likeness (QED) is 0.123. The first-order chi connectivity index (χ1) is 29.2. The van der Waals surface area contributed by atoms with Crippen LogP contribution in [-0.2, 0) is 0 Å². The van der Waals surface area contributed by atoms with Gasteiger partial charge < -0.3 is 19.6 Å². The van der Waals surface area contributed by atoms with Crippen molar-refractivity contribution in [1.29, 1.82) is 0 Å². The summed E-state index contributed by atoms with van der Waals surface area (Å²) in [5, 5.41) is 0. The van der Waals surface area contributed by atoms with Gasteiger partial charge in [-0.1, -0.05) is 110 Å². The standard InChI is InChI=1S/C55H46N4/c1-43-19-17-18-30-55(43)59(48-28-15-6-16-29-48)54-41-39-53(40-42-54)58(51-35-31-49(32-36-51)56(44-20-7-2-8-21-44)45-22-9-3-10-23-45)52-37-33-50(34-38-52)57(46-24-11-4-12-25-46)47-26-13-5-14-27-47/h2-18,20-43H,19H2,1H3. The number of allylic oxidation sites excluding steroid dienone is 4. The van der Waals surface area contributed by atoms with Crippen LogP contribution in [0.15, 0.2) is 248 Å². The summed E-state index contributed by atoms with van der Waals surface area (Å²) in [6.07, 6.45) is 7.71. The third-order valence-corrected chi connectivity index (χ3v) is 10.8. The minimum atomic E-state index is 0.395. The molecule has 4 heteroatoms. The van der Waals surface area contributed by atoms with Crippen LogP contribution < -0.4 is 19.6 Å². The van der Waals surface area contributed by atoms with Gasteiger partial charge in [0.05, 0.1) is 0 Å². The van der Waals surface area contributed by atoms with Crippen molar-refractivity contribution < 1.29 is 0 Å². The van der Waals surface area contributed by atoms with E-state index in [1.165, 1.54) is 5.70 Å². The van der Waals surface area contributed by atoms with E-state index >= 15 is 0 Å². The topological polar surface area (TPSA) is 13.0 Å². The van der Waals surface area contributed by atoms with Gasteiger partial charge in [0.2, 0.25) is 0 Å². The average Bonchev–Trinajstić information content (AvgIpc) is 3.31. The lowest BCUT2D eigenvalue weighted by Crippen LogP contribution is -2.22. The van der Waals surface area contributed by atoms with Crippen LogP contribution in [0.4, 0.5) is 62.6 Å². The lowest BCUT2D eigenvalue weighted by atomic mass is 9.96. The number of anilines is 11. The van der Waals surface area contributed by atoms with Gasteiger partial charge in [0.15, 0.2) is 0 Å².